The summed E-state index contributed by atoms with van der Waals surface area (Å²) < 4.78 is 13.8. The third-order valence-electron chi connectivity index (χ3n) is 6.07. The minimum Gasteiger partial charge on any atom is -0.393 e. The summed E-state index contributed by atoms with van der Waals surface area (Å²) in [5, 5.41) is 9.10. The molecule has 3 aliphatic rings. The van der Waals surface area contributed by atoms with Crippen molar-refractivity contribution in [1.82, 2.24) is 9.80 Å². The van der Waals surface area contributed by atoms with Crippen LogP contribution in [-0.2, 0) is 0 Å². The Labute approximate surface area is 142 Å². The second-order valence-electron chi connectivity index (χ2n) is 7.96. The molecule has 2 atom stereocenters. The largest absolute Gasteiger partial charge is 0.393 e. The van der Waals surface area contributed by atoms with Crippen molar-refractivity contribution in [2.45, 2.75) is 77.6 Å². The van der Waals surface area contributed by atoms with Gasteiger partial charge in [-0.25, -0.2) is 4.39 Å². The van der Waals surface area contributed by atoms with Crippen LogP contribution in [0.2, 0.25) is 0 Å². The van der Waals surface area contributed by atoms with E-state index < -0.39 is 6.17 Å². The number of hydrogen-bond donors (Lipinski definition) is 1. The summed E-state index contributed by atoms with van der Waals surface area (Å²) in [5.74, 6) is 0.819. The molecule has 23 heavy (non-hydrogen) atoms. The number of alkyl halides is 1. The number of piperidine rings is 2. The summed E-state index contributed by atoms with van der Waals surface area (Å²) in [5.41, 5.74) is 0. The molecule has 2 unspecified atom stereocenters. The van der Waals surface area contributed by atoms with Crippen LogP contribution < -0.4 is 0 Å². The summed E-state index contributed by atoms with van der Waals surface area (Å²) in [7, 11) is 0. The smallest absolute Gasteiger partial charge is 0.116 e. The Morgan fingerprint density at radius 3 is 2.13 bits per heavy atom. The van der Waals surface area contributed by atoms with Gasteiger partial charge in [-0.05, 0) is 57.0 Å². The molecule has 3 fully saturated rings. The summed E-state index contributed by atoms with van der Waals surface area (Å²) in [6.45, 7) is 11.6. The second kappa shape index (κ2) is 9.33. The van der Waals surface area contributed by atoms with Crippen molar-refractivity contribution >= 4 is 0 Å². The Bertz CT molecular complexity index is 327. The molecule has 2 aliphatic heterocycles. The van der Waals surface area contributed by atoms with E-state index in [2.05, 4.69) is 30.6 Å². The van der Waals surface area contributed by atoms with Crippen molar-refractivity contribution in [3.8, 4) is 0 Å². The van der Waals surface area contributed by atoms with Gasteiger partial charge in [0.15, 0.2) is 0 Å². The van der Waals surface area contributed by atoms with Crippen molar-refractivity contribution in [3.05, 3.63) is 0 Å². The van der Waals surface area contributed by atoms with Crippen LogP contribution in [-0.4, -0.2) is 65.9 Å². The van der Waals surface area contributed by atoms with E-state index in [4.69, 9.17) is 5.11 Å². The fourth-order valence-corrected chi connectivity index (χ4v) is 4.02. The van der Waals surface area contributed by atoms with E-state index in [9.17, 15) is 4.39 Å². The number of likely N-dealkylation sites (tertiary alicyclic amines) is 2. The lowest BCUT2D eigenvalue weighted by Crippen LogP contribution is -2.50. The normalized spacial score (nSPS) is 31.6. The van der Waals surface area contributed by atoms with Gasteiger partial charge in [0, 0.05) is 25.7 Å². The predicted molar refractivity (Wildman–Crippen MR) is 94.4 cm³/mol. The first-order chi connectivity index (χ1) is 11.0. The SMILES string of the molecule is CC(C)C1CCN(C2CCC2)CC1F.CCN1CCC(O)CC1. The first-order valence-electron chi connectivity index (χ1n) is 9.79. The third kappa shape index (κ3) is 5.68. The quantitative estimate of drug-likeness (QED) is 0.861. The number of halogens is 1. The van der Waals surface area contributed by atoms with Gasteiger partial charge in [0.1, 0.15) is 6.17 Å². The van der Waals surface area contributed by atoms with Gasteiger partial charge in [0.25, 0.3) is 0 Å². The molecule has 1 aliphatic carbocycles. The minimum atomic E-state index is -0.579. The summed E-state index contributed by atoms with van der Waals surface area (Å²) >= 11 is 0. The molecule has 0 aromatic carbocycles. The molecule has 2 saturated heterocycles. The van der Waals surface area contributed by atoms with E-state index in [1.807, 2.05) is 0 Å². The zero-order chi connectivity index (χ0) is 16.8. The highest BCUT2D eigenvalue weighted by molar-refractivity contribution is 4.88. The summed E-state index contributed by atoms with van der Waals surface area (Å²) in [4.78, 5) is 4.75. The van der Waals surface area contributed by atoms with Crippen LogP contribution in [0.15, 0.2) is 0 Å². The first kappa shape index (κ1) is 19.1. The average Bonchev–Trinajstić information content (AvgIpc) is 2.47. The Kier molecular flexibility index (Phi) is 7.77. The van der Waals surface area contributed by atoms with E-state index in [0.717, 1.165) is 51.5 Å². The Hall–Kier alpha value is -0.190. The van der Waals surface area contributed by atoms with Crippen molar-refractivity contribution in [2.24, 2.45) is 11.8 Å². The molecular formula is C19H37FN2O. The molecule has 0 bridgehead atoms. The van der Waals surface area contributed by atoms with Gasteiger partial charge in [-0.15, -0.1) is 0 Å². The fraction of sp³-hybridized carbons (Fsp3) is 1.00. The standard InChI is InChI=1S/C12H22FN.C7H15NO/c1-9(2)11-6-7-14(8-12(11)13)10-4-3-5-10;1-2-8-5-3-7(9)4-6-8/h9-12H,3-8H2,1-2H3;7,9H,2-6H2,1H3. The number of aliphatic hydroxyl groups is 1. The van der Waals surface area contributed by atoms with Crippen LogP contribution in [0.25, 0.3) is 0 Å². The predicted octanol–water partition coefficient (Wildman–Crippen LogP) is 3.32. The molecule has 3 nitrogen and oxygen atoms in total. The highest BCUT2D eigenvalue weighted by Crippen LogP contribution is 2.32. The first-order valence-corrected chi connectivity index (χ1v) is 9.79. The monoisotopic (exact) mass is 328 g/mol. The Morgan fingerprint density at radius 1 is 1.04 bits per heavy atom. The number of rotatable bonds is 3. The van der Waals surface area contributed by atoms with E-state index >= 15 is 0 Å². The molecule has 0 aromatic heterocycles. The molecule has 0 radical (unpaired) electrons. The van der Waals surface area contributed by atoms with Gasteiger partial charge in [0.2, 0.25) is 0 Å². The lowest BCUT2D eigenvalue weighted by atomic mass is 9.82. The molecule has 1 N–H and O–H groups in total. The lowest BCUT2D eigenvalue weighted by Gasteiger charge is -2.44. The maximum atomic E-state index is 13.8. The van der Waals surface area contributed by atoms with E-state index in [1.54, 1.807) is 0 Å². The molecule has 0 spiro atoms. The van der Waals surface area contributed by atoms with Crippen molar-refractivity contribution in [2.75, 3.05) is 32.7 Å². The summed E-state index contributed by atoms with van der Waals surface area (Å²) in [6.07, 6.45) is 6.36. The molecular weight excluding hydrogens is 291 g/mol. The molecule has 1 saturated carbocycles. The van der Waals surface area contributed by atoms with Crippen molar-refractivity contribution < 1.29 is 9.50 Å². The zero-order valence-corrected chi connectivity index (χ0v) is 15.4. The molecule has 0 amide bonds. The second-order valence-corrected chi connectivity index (χ2v) is 7.96. The van der Waals surface area contributed by atoms with Gasteiger partial charge in [-0.3, -0.25) is 4.90 Å². The van der Waals surface area contributed by atoms with E-state index in [1.165, 1.54) is 19.3 Å². The van der Waals surface area contributed by atoms with Gasteiger partial charge in [0.05, 0.1) is 6.10 Å². The highest BCUT2D eigenvalue weighted by atomic mass is 19.1. The van der Waals surface area contributed by atoms with Gasteiger partial charge in [-0.2, -0.15) is 0 Å². The number of nitrogens with zero attached hydrogens (tertiary/aromatic N) is 2. The van der Waals surface area contributed by atoms with Gasteiger partial charge < -0.3 is 10.0 Å². The number of aliphatic hydroxyl groups excluding tert-OH is 1. The minimum absolute atomic E-state index is 0.0206. The number of hydrogen-bond acceptors (Lipinski definition) is 3. The molecule has 136 valence electrons. The van der Waals surface area contributed by atoms with E-state index in [-0.39, 0.29) is 6.10 Å². The van der Waals surface area contributed by atoms with Crippen LogP contribution in [0.3, 0.4) is 0 Å². The van der Waals surface area contributed by atoms with Gasteiger partial charge in [-0.1, -0.05) is 27.2 Å². The van der Waals surface area contributed by atoms with Crippen molar-refractivity contribution in [1.29, 1.82) is 0 Å². The molecule has 2 heterocycles. The Balaban J connectivity index is 0.000000185. The van der Waals surface area contributed by atoms with Crippen molar-refractivity contribution in [3.63, 3.8) is 0 Å². The maximum Gasteiger partial charge on any atom is 0.116 e. The fourth-order valence-electron chi connectivity index (χ4n) is 4.02. The molecule has 0 aromatic rings. The molecule has 4 heteroatoms. The highest BCUT2D eigenvalue weighted by Gasteiger charge is 2.35. The zero-order valence-electron chi connectivity index (χ0n) is 15.4. The third-order valence-corrected chi connectivity index (χ3v) is 6.07. The van der Waals surface area contributed by atoms with Crippen LogP contribution >= 0.6 is 0 Å². The van der Waals surface area contributed by atoms with Crippen LogP contribution in [0.1, 0.15) is 59.3 Å². The van der Waals surface area contributed by atoms with E-state index in [0.29, 0.717) is 18.4 Å². The van der Waals surface area contributed by atoms with Crippen LogP contribution in [0.4, 0.5) is 4.39 Å². The average molecular weight is 329 g/mol. The van der Waals surface area contributed by atoms with Crippen LogP contribution in [0.5, 0.6) is 0 Å². The maximum absolute atomic E-state index is 13.8. The topological polar surface area (TPSA) is 26.7 Å². The molecule has 3 rings (SSSR count). The summed E-state index contributed by atoms with van der Waals surface area (Å²) in [6, 6.07) is 0.723. The Morgan fingerprint density at radius 2 is 1.70 bits per heavy atom. The van der Waals surface area contributed by atoms with Crippen LogP contribution in [0, 0.1) is 11.8 Å². The lowest BCUT2D eigenvalue weighted by molar-refractivity contribution is 0.0153. The van der Waals surface area contributed by atoms with Gasteiger partial charge >= 0.3 is 0 Å².